The second kappa shape index (κ2) is 4.24. The standard InChI is InChI=1S/C15H11NO3/c1-19-15(18)11-7-10-6-9-4-2-3-5-12(9)16-13(10)8-14(11)17/h2-8,17H,1H3. The molecule has 1 N–H and O–H groups in total. The third kappa shape index (κ3) is 1.87. The molecule has 94 valence electrons. The first-order valence-corrected chi connectivity index (χ1v) is 5.80. The number of hydrogen-bond acceptors (Lipinski definition) is 4. The first-order valence-electron chi connectivity index (χ1n) is 5.80. The number of phenols is 1. The number of aromatic hydroxyl groups is 1. The number of pyridine rings is 1. The molecule has 0 fully saturated rings. The predicted octanol–water partition coefficient (Wildman–Crippen LogP) is 2.88. The van der Waals surface area contributed by atoms with Crippen LogP contribution >= 0.6 is 0 Å². The molecule has 2 aromatic carbocycles. The number of esters is 1. The number of carbonyl (C=O) groups is 1. The number of phenolic OH excluding ortho intramolecular Hbond substituents is 1. The average molecular weight is 253 g/mol. The Labute approximate surface area is 109 Å². The summed E-state index contributed by atoms with van der Waals surface area (Å²) in [7, 11) is 1.28. The van der Waals surface area contributed by atoms with Crippen LogP contribution < -0.4 is 0 Å². The fraction of sp³-hybridized carbons (Fsp3) is 0.0667. The molecule has 3 rings (SSSR count). The average Bonchev–Trinajstić information content (AvgIpc) is 2.43. The quantitative estimate of drug-likeness (QED) is 0.535. The Morgan fingerprint density at radius 2 is 1.89 bits per heavy atom. The Morgan fingerprint density at radius 1 is 1.11 bits per heavy atom. The van der Waals surface area contributed by atoms with Gasteiger partial charge in [0.15, 0.2) is 0 Å². The predicted molar refractivity (Wildman–Crippen MR) is 72.3 cm³/mol. The highest BCUT2D eigenvalue weighted by atomic mass is 16.5. The minimum atomic E-state index is -0.562. The van der Waals surface area contributed by atoms with E-state index in [0.717, 1.165) is 16.3 Å². The zero-order chi connectivity index (χ0) is 13.4. The van der Waals surface area contributed by atoms with Crippen molar-refractivity contribution >= 4 is 27.8 Å². The number of carbonyl (C=O) groups excluding carboxylic acids is 1. The summed E-state index contributed by atoms with van der Waals surface area (Å²) in [4.78, 5) is 16.0. The summed E-state index contributed by atoms with van der Waals surface area (Å²) < 4.78 is 4.63. The van der Waals surface area contributed by atoms with Crippen LogP contribution in [-0.4, -0.2) is 23.2 Å². The van der Waals surface area contributed by atoms with E-state index < -0.39 is 5.97 Å². The van der Waals surface area contributed by atoms with E-state index in [1.165, 1.54) is 13.2 Å². The Hall–Kier alpha value is -2.62. The Bertz CT molecular complexity index is 796. The van der Waals surface area contributed by atoms with Gasteiger partial charge in [-0.2, -0.15) is 0 Å². The molecule has 0 saturated carbocycles. The van der Waals surface area contributed by atoms with Crippen LogP contribution in [0.3, 0.4) is 0 Å². The lowest BCUT2D eigenvalue weighted by Gasteiger charge is -2.06. The molecule has 0 aliphatic heterocycles. The highest BCUT2D eigenvalue weighted by Gasteiger charge is 2.13. The SMILES string of the molecule is COC(=O)c1cc2cc3ccccc3nc2cc1O. The van der Waals surface area contributed by atoms with Crippen molar-refractivity contribution < 1.29 is 14.6 Å². The van der Waals surface area contributed by atoms with E-state index >= 15 is 0 Å². The number of methoxy groups -OCH3 is 1. The highest BCUT2D eigenvalue weighted by Crippen LogP contribution is 2.27. The van der Waals surface area contributed by atoms with Crippen molar-refractivity contribution in [1.82, 2.24) is 4.98 Å². The van der Waals surface area contributed by atoms with Crippen LogP contribution in [0.1, 0.15) is 10.4 Å². The zero-order valence-corrected chi connectivity index (χ0v) is 10.3. The summed E-state index contributed by atoms with van der Waals surface area (Å²) in [6.45, 7) is 0. The molecule has 0 radical (unpaired) electrons. The van der Waals surface area contributed by atoms with Gasteiger partial charge in [0.2, 0.25) is 0 Å². The number of rotatable bonds is 1. The number of fused-ring (bicyclic) bond motifs is 2. The highest BCUT2D eigenvalue weighted by molar-refractivity contribution is 6.00. The molecule has 1 heterocycles. The van der Waals surface area contributed by atoms with E-state index in [9.17, 15) is 9.90 Å². The lowest BCUT2D eigenvalue weighted by Crippen LogP contribution is -2.01. The molecule has 0 unspecified atom stereocenters. The van der Waals surface area contributed by atoms with E-state index in [1.807, 2.05) is 30.3 Å². The van der Waals surface area contributed by atoms with Gasteiger partial charge < -0.3 is 9.84 Å². The Kier molecular flexibility index (Phi) is 2.56. The summed E-state index contributed by atoms with van der Waals surface area (Å²) in [6.07, 6.45) is 0. The van der Waals surface area contributed by atoms with E-state index in [0.29, 0.717) is 5.52 Å². The molecule has 3 aromatic rings. The van der Waals surface area contributed by atoms with Crippen LogP contribution in [0.15, 0.2) is 42.5 Å². The molecule has 0 saturated heterocycles. The smallest absolute Gasteiger partial charge is 0.341 e. The molecule has 4 heteroatoms. The van der Waals surface area contributed by atoms with Gasteiger partial charge in [0.1, 0.15) is 11.3 Å². The minimum absolute atomic E-state index is 0.123. The maximum atomic E-state index is 11.5. The number of nitrogens with zero attached hydrogens (tertiary/aromatic N) is 1. The second-order valence-corrected chi connectivity index (χ2v) is 4.23. The number of hydrogen-bond donors (Lipinski definition) is 1. The number of ether oxygens (including phenoxy) is 1. The number of para-hydroxylation sites is 1. The van der Waals surface area contributed by atoms with Gasteiger partial charge in [-0.15, -0.1) is 0 Å². The van der Waals surface area contributed by atoms with Gasteiger partial charge >= 0.3 is 5.97 Å². The Morgan fingerprint density at radius 3 is 2.68 bits per heavy atom. The van der Waals surface area contributed by atoms with E-state index in [1.54, 1.807) is 6.07 Å². The fourth-order valence-corrected chi connectivity index (χ4v) is 2.09. The summed E-state index contributed by atoms with van der Waals surface area (Å²) in [5.41, 5.74) is 1.64. The lowest BCUT2D eigenvalue weighted by atomic mass is 10.1. The van der Waals surface area contributed by atoms with Crippen molar-refractivity contribution in [2.75, 3.05) is 7.11 Å². The molecule has 0 atom stereocenters. The molecule has 19 heavy (non-hydrogen) atoms. The molecule has 0 aliphatic carbocycles. The summed E-state index contributed by atoms with van der Waals surface area (Å²) >= 11 is 0. The Balaban J connectivity index is 2.33. The van der Waals surface area contributed by atoms with Crippen LogP contribution in [0.25, 0.3) is 21.8 Å². The summed E-state index contributed by atoms with van der Waals surface area (Å²) in [5.74, 6) is -0.685. The molecular formula is C15H11NO3. The molecule has 0 aliphatic rings. The maximum absolute atomic E-state index is 11.5. The van der Waals surface area contributed by atoms with Crippen LogP contribution in [-0.2, 0) is 4.74 Å². The normalized spacial score (nSPS) is 10.8. The minimum Gasteiger partial charge on any atom is -0.507 e. The van der Waals surface area contributed by atoms with Crippen LogP contribution in [0, 0.1) is 0 Å². The van der Waals surface area contributed by atoms with Crippen molar-refractivity contribution in [2.45, 2.75) is 0 Å². The van der Waals surface area contributed by atoms with Crippen molar-refractivity contribution in [1.29, 1.82) is 0 Å². The largest absolute Gasteiger partial charge is 0.507 e. The van der Waals surface area contributed by atoms with Crippen LogP contribution in [0.5, 0.6) is 5.75 Å². The van der Waals surface area contributed by atoms with Gasteiger partial charge in [-0.05, 0) is 18.2 Å². The summed E-state index contributed by atoms with van der Waals surface area (Å²) in [6, 6.07) is 12.7. The second-order valence-electron chi connectivity index (χ2n) is 4.23. The van der Waals surface area contributed by atoms with Gasteiger partial charge in [-0.1, -0.05) is 18.2 Å². The maximum Gasteiger partial charge on any atom is 0.341 e. The first kappa shape index (κ1) is 11.5. The molecular weight excluding hydrogens is 242 g/mol. The van der Waals surface area contributed by atoms with Crippen molar-refractivity contribution in [3.8, 4) is 5.75 Å². The number of benzene rings is 2. The van der Waals surface area contributed by atoms with Crippen LogP contribution in [0.2, 0.25) is 0 Å². The molecule has 0 spiro atoms. The van der Waals surface area contributed by atoms with E-state index in [2.05, 4.69) is 9.72 Å². The number of aromatic nitrogens is 1. The third-order valence-corrected chi connectivity index (χ3v) is 3.04. The molecule has 0 bridgehead atoms. The monoisotopic (exact) mass is 253 g/mol. The topological polar surface area (TPSA) is 59.4 Å². The van der Waals surface area contributed by atoms with Crippen molar-refractivity contribution in [3.63, 3.8) is 0 Å². The first-order chi connectivity index (χ1) is 9.19. The van der Waals surface area contributed by atoms with Gasteiger partial charge in [0, 0.05) is 16.8 Å². The molecule has 4 nitrogen and oxygen atoms in total. The van der Waals surface area contributed by atoms with Gasteiger partial charge in [0.25, 0.3) is 0 Å². The van der Waals surface area contributed by atoms with Gasteiger partial charge in [0.05, 0.1) is 18.1 Å². The molecule has 0 amide bonds. The van der Waals surface area contributed by atoms with Crippen LogP contribution in [0.4, 0.5) is 0 Å². The lowest BCUT2D eigenvalue weighted by molar-refractivity contribution is 0.0597. The van der Waals surface area contributed by atoms with Crippen molar-refractivity contribution in [3.05, 3.63) is 48.0 Å². The summed E-state index contributed by atoms with van der Waals surface area (Å²) in [5, 5.41) is 11.6. The van der Waals surface area contributed by atoms with Crippen molar-refractivity contribution in [2.24, 2.45) is 0 Å². The van der Waals surface area contributed by atoms with Gasteiger partial charge in [-0.25, -0.2) is 9.78 Å². The zero-order valence-electron chi connectivity index (χ0n) is 10.3. The fourth-order valence-electron chi connectivity index (χ4n) is 2.09. The third-order valence-electron chi connectivity index (χ3n) is 3.04. The molecule has 1 aromatic heterocycles. The van der Waals surface area contributed by atoms with Gasteiger partial charge in [-0.3, -0.25) is 0 Å². The van der Waals surface area contributed by atoms with E-state index in [-0.39, 0.29) is 11.3 Å². The van der Waals surface area contributed by atoms with E-state index in [4.69, 9.17) is 0 Å².